The summed E-state index contributed by atoms with van der Waals surface area (Å²) in [5.41, 5.74) is 0.356. The summed E-state index contributed by atoms with van der Waals surface area (Å²) in [6.07, 6.45) is 0. The summed E-state index contributed by atoms with van der Waals surface area (Å²) in [7, 11) is 0. The van der Waals surface area contributed by atoms with Crippen molar-refractivity contribution in [3.63, 3.8) is 0 Å². The van der Waals surface area contributed by atoms with Gasteiger partial charge in [0, 0.05) is 14.7 Å². The average Bonchev–Trinajstić information content (AvgIpc) is 2.96. The Morgan fingerprint density at radius 1 is 1.56 bits per heavy atom. The third-order valence-electron chi connectivity index (χ3n) is 2.08. The molecule has 0 bridgehead atoms. The topological polar surface area (TPSA) is 51.2 Å². The number of nitrogens with zero attached hydrogens (tertiary/aromatic N) is 1. The van der Waals surface area contributed by atoms with Crippen molar-refractivity contribution in [1.29, 1.82) is 0 Å². The van der Waals surface area contributed by atoms with Gasteiger partial charge in [-0.1, -0.05) is 0 Å². The van der Waals surface area contributed by atoms with Crippen LogP contribution >= 0.6 is 38.6 Å². The largest absolute Gasteiger partial charge is 0.461 e. The van der Waals surface area contributed by atoms with Gasteiger partial charge in [0.1, 0.15) is 0 Å². The predicted molar refractivity (Wildman–Crippen MR) is 77.4 cm³/mol. The Hall–Kier alpha value is -0.920. The summed E-state index contributed by atoms with van der Waals surface area (Å²) in [6.45, 7) is 2.83. The highest BCUT2D eigenvalue weighted by molar-refractivity contribution is 9.10. The maximum Gasteiger partial charge on any atom is 0.357 e. The van der Waals surface area contributed by atoms with Crippen molar-refractivity contribution >= 4 is 49.7 Å². The first-order valence-electron chi connectivity index (χ1n) is 5.29. The Labute approximate surface area is 121 Å². The predicted octanol–water partition coefficient (Wildman–Crippen LogP) is 3.76. The highest BCUT2D eigenvalue weighted by Gasteiger charge is 2.11. The standard InChI is InChI=1S/C11H11BrN2O2S2/c1-2-16-10(15)8-6-18-11(14-8)13-5-9-7(12)3-4-17-9/h3-4,6H,2,5H2,1H3,(H,13,14). The zero-order valence-corrected chi connectivity index (χ0v) is 12.8. The molecule has 2 aromatic heterocycles. The molecule has 4 nitrogen and oxygen atoms in total. The van der Waals surface area contributed by atoms with Gasteiger partial charge in [0.25, 0.3) is 0 Å². The van der Waals surface area contributed by atoms with Crippen LogP contribution in [0.25, 0.3) is 0 Å². The van der Waals surface area contributed by atoms with Crippen LogP contribution in [0.15, 0.2) is 21.3 Å². The van der Waals surface area contributed by atoms with Crippen LogP contribution in [-0.2, 0) is 11.3 Å². The summed E-state index contributed by atoms with van der Waals surface area (Å²) in [6, 6.07) is 2.01. The zero-order valence-electron chi connectivity index (χ0n) is 9.60. The van der Waals surface area contributed by atoms with Crippen LogP contribution in [0.5, 0.6) is 0 Å². The molecular weight excluding hydrogens is 336 g/mol. The third kappa shape index (κ3) is 3.30. The number of thiophene rings is 1. The molecule has 2 aromatic rings. The number of thiazole rings is 1. The van der Waals surface area contributed by atoms with Crippen LogP contribution in [0.2, 0.25) is 0 Å². The van der Waals surface area contributed by atoms with Gasteiger partial charge in [0.2, 0.25) is 0 Å². The molecule has 0 fully saturated rings. The molecule has 0 aliphatic carbocycles. The van der Waals surface area contributed by atoms with E-state index in [4.69, 9.17) is 4.74 Å². The molecule has 0 aliphatic heterocycles. The quantitative estimate of drug-likeness (QED) is 0.837. The van der Waals surface area contributed by atoms with Crippen molar-refractivity contribution < 1.29 is 9.53 Å². The number of carbonyl (C=O) groups excluding carboxylic acids is 1. The normalized spacial score (nSPS) is 10.3. The van der Waals surface area contributed by atoms with Crippen molar-refractivity contribution in [3.8, 4) is 0 Å². The molecule has 2 heterocycles. The van der Waals surface area contributed by atoms with Gasteiger partial charge in [-0.15, -0.1) is 22.7 Å². The molecule has 0 saturated carbocycles. The van der Waals surface area contributed by atoms with Crippen LogP contribution in [0.1, 0.15) is 22.3 Å². The smallest absolute Gasteiger partial charge is 0.357 e. The molecule has 2 rings (SSSR count). The minimum absolute atomic E-state index is 0.356. The van der Waals surface area contributed by atoms with Crippen LogP contribution in [0.3, 0.4) is 0 Å². The van der Waals surface area contributed by atoms with E-state index in [0.717, 1.165) is 9.60 Å². The maximum absolute atomic E-state index is 11.4. The number of carbonyl (C=O) groups is 1. The summed E-state index contributed by atoms with van der Waals surface area (Å²) in [5.74, 6) is -0.376. The van der Waals surface area contributed by atoms with Gasteiger partial charge >= 0.3 is 5.97 Å². The number of rotatable bonds is 5. The van der Waals surface area contributed by atoms with E-state index in [-0.39, 0.29) is 5.97 Å². The number of anilines is 1. The number of ether oxygens (including phenoxy) is 1. The first kappa shape index (κ1) is 13.5. The molecule has 18 heavy (non-hydrogen) atoms. The molecular formula is C11H11BrN2O2S2. The fraction of sp³-hybridized carbons (Fsp3) is 0.273. The summed E-state index contributed by atoms with van der Waals surface area (Å²) < 4.78 is 5.97. The van der Waals surface area contributed by atoms with Crippen LogP contribution in [0, 0.1) is 0 Å². The van der Waals surface area contributed by atoms with Gasteiger partial charge < -0.3 is 10.1 Å². The third-order valence-corrected chi connectivity index (χ3v) is 4.81. The Kier molecular flexibility index (Phi) is 4.73. The van der Waals surface area contributed by atoms with Crippen molar-refractivity contribution in [2.24, 2.45) is 0 Å². The molecule has 0 aromatic carbocycles. The lowest BCUT2D eigenvalue weighted by atomic mass is 10.5. The number of esters is 1. The number of aromatic nitrogens is 1. The Morgan fingerprint density at radius 3 is 3.06 bits per heavy atom. The van der Waals surface area contributed by atoms with E-state index in [0.29, 0.717) is 18.8 Å². The minimum Gasteiger partial charge on any atom is -0.461 e. The molecule has 0 unspecified atom stereocenters. The molecule has 1 N–H and O–H groups in total. The number of halogens is 1. The van der Waals surface area contributed by atoms with Crippen molar-refractivity contribution in [3.05, 3.63) is 31.9 Å². The van der Waals surface area contributed by atoms with E-state index in [1.807, 2.05) is 11.4 Å². The maximum atomic E-state index is 11.4. The average molecular weight is 347 g/mol. The SMILES string of the molecule is CCOC(=O)c1csc(NCc2sccc2Br)n1. The van der Waals surface area contributed by atoms with Gasteiger partial charge in [-0.25, -0.2) is 9.78 Å². The van der Waals surface area contributed by atoms with E-state index in [9.17, 15) is 4.79 Å². The first-order chi connectivity index (χ1) is 8.70. The van der Waals surface area contributed by atoms with E-state index in [2.05, 4.69) is 26.2 Å². The van der Waals surface area contributed by atoms with Crippen LogP contribution in [-0.4, -0.2) is 17.6 Å². The van der Waals surface area contributed by atoms with Gasteiger partial charge in [-0.2, -0.15) is 0 Å². The van der Waals surface area contributed by atoms with E-state index < -0.39 is 0 Å². The fourth-order valence-corrected chi connectivity index (χ4v) is 3.37. The summed E-state index contributed by atoms with van der Waals surface area (Å²) in [5, 5.41) is 7.63. The van der Waals surface area contributed by atoms with Gasteiger partial charge in [-0.05, 0) is 34.3 Å². The van der Waals surface area contributed by atoms with Gasteiger partial charge in [0.05, 0.1) is 13.2 Å². The minimum atomic E-state index is -0.376. The lowest BCUT2D eigenvalue weighted by Gasteiger charge is -2.00. The van der Waals surface area contributed by atoms with Crippen LogP contribution in [0.4, 0.5) is 5.13 Å². The Bertz CT molecular complexity index is 539. The molecule has 0 atom stereocenters. The van der Waals surface area contributed by atoms with E-state index in [1.54, 1.807) is 23.6 Å². The molecule has 0 radical (unpaired) electrons. The second kappa shape index (κ2) is 6.31. The molecule has 0 aliphatic rings. The number of hydrogen-bond donors (Lipinski definition) is 1. The summed E-state index contributed by atoms with van der Waals surface area (Å²) >= 11 is 6.53. The fourth-order valence-electron chi connectivity index (χ4n) is 1.26. The monoisotopic (exact) mass is 346 g/mol. The molecule has 0 saturated heterocycles. The van der Waals surface area contributed by atoms with Gasteiger partial charge in [0.15, 0.2) is 10.8 Å². The van der Waals surface area contributed by atoms with Crippen molar-refractivity contribution in [2.45, 2.75) is 13.5 Å². The Morgan fingerprint density at radius 2 is 2.39 bits per heavy atom. The summed E-state index contributed by atoms with van der Waals surface area (Å²) in [4.78, 5) is 16.8. The molecule has 7 heteroatoms. The second-order valence-electron chi connectivity index (χ2n) is 3.30. The van der Waals surface area contributed by atoms with Crippen molar-refractivity contribution in [1.82, 2.24) is 4.98 Å². The van der Waals surface area contributed by atoms with Crippen LogP contribution < -0.4 is 5.32 Å². The number of nitrogens with one attached hydrogen (secondary N) is 1. The first-order valence-corrected chi connectivity index (χ1v) is 7.84. The van der Waals surface area contributed by atoms with E-state index >= 15 is 0 Å². The van der Waals surface area contributed by atoms with Crippen molar-refractivity contribution in [2.75, 3.05) is 11.9 Å². The zero-order chi connectivity index (χ0) is 13.0. The molecule has 96 valence electrons. The highest BCUT2D eigenvalue weighted by atomic mass is 79.9. The Balaban J connectivity index is 1.95. The second-order valence-corrected chi connectivity index (χ2v) is 6.02. The molecule has 0 spiro atoms. The highest BCUT2D eigenvalue weighted by Crippen LogP contribution is 2.24. The lowest BCUT2D eigenvalue weighted by Crippen LogP contribution is -2.05. The molecule has 0 amide bonds. The lowest BCUT2D eigenvalue weighted by molar-refractivity contribution is 0.0520. The number of hydrogen-bond acceptors (Lipinski definition) is 6. The van der Waals surface area contributed by atoms with Gasteiger partial charge in [-0.3, -0.25) is 0 Å². The van der Waals surface area contributed by atoms with E-state index in [1.165, 1.54) is 16.2 Å².